The van der Waals surface area contributed by atoms with Gasteiger partial charge in [-0.2, -0.15) is 0 Å². The first-order chi connectivity index (χ1) is 13.1. The maximum absolute atomic E-state index is 12.8. The molecule has 1 amide bonds. The molecular formula is C21H22N4O2. The highest BCUT2D eigenvalue weighted by Gasteiger charge is 2.19. The normalized spacial score (nSPS) is 16.1. The van der Waals surface area contributed by atoms with Gasteiger partial charge in [0.25, 0.3) is 5.56 Å². The molecule has 0 aliphatic heterocycles. The number of fused-ring (bicyclic) bond motifs is 2. The smallest absolute Gasteiger partial charge is 0.263 e. The van der Waals surface area contributed by atoms with Crippen LogP contribution in [-0.2, 0) is 30.7 Å². The van der Waals surface area contributed by atoms with Crippen molar-refractivity contribution in [3.8, 4) is 0 Å². The number of pyridine rings is 1. The Kier molecular flexibility index (Phi) is 4.71. The number of aryl methyl sites for hydroxylation is 1. The van der Waals surface area contributed by atoms with E-state index < -0.39 is 0 Å². The van der Waals surface area contributed by atoms with Gasteiger partial charge in [0.1, 0.15) is 12.9 Å². The lowest BCUT2D eigenvalue weighted by molar-refractivity contribution is -0.121. The van der Waals surface area contributed by atoms with E-state index in [4.69, 9.17) is 0 Å². The molecule has 4 rings (SSSR count). The van der Waals surface area contributed by atoms with Crippen molar-refractivity contribution in [1.82, 2.24) is 19.9 Å². The number of aromatic nitrogens is 3. The molecule has 0 radical (unpaired) electrons. The predicted octanol–water partition coefficient (Wildman–Crippen LogP) is 2.23. The Bertz CT molecular complexity index is 1040. The van der Waals surface area contributed by atoms with Crippen LogP contribution in [0.1, 0.15) is 30.2 Å². The van der Waals surface area contributed by atoms with Gasteiger partial charge in [-0.1, -0.05) is 37.3 Å². The molecule has 0 spiro atoms. The van der Waals surface area contributed by atoms with Gasteiger partial charge in [-0.05, 0) is 42.4 Å². The Balaban J connectivity index is 1.54. The van der Waals surface area contributed by atoms with E-state index in [1.54, 1.807) is 0 Å². The van der Waals surface area contributed by atoms with Crippen molar-refractivity contribution in [3.63, 3.8) is 0 Å². The van der Waals surface area contributed by atoms with Gasteiger partial charge in [-0.15, -0.1) is 0 Å². The van der Waals surface area contributed by atoms with Crippen molar-refractivity contribution >= 4 is 16.9 Å². The lowest BCUT2D eigenvalue weighted by Gasteiger charge is -2.20. The highest BCUT2D eigenvalue weighted by atomic mass is 16.2. The average Bonchev–Trinajstić information content (AvgIpc) is 2.68. The molecule has 0 saturated carbocycles. The summed E-state index contributed by atoms with van der Waals surface area (Å²) in [4.78, 5) is 33.9. The summed E-state index contributed by atoms with van der Waals surface area (Å²) in [5, 5.41) is 3.32. The van der Waals surface area contributed by atoms with Crippen LogP contribution in [0.4, 0.5) is 0 Å². The molecule has 1 N–H and O–H groups in total. The molecule has 0 fully saturated rings. The largest absolute Gasteiger partial charge is 0.350 e. The third kappa shape index (κ3) is 3.74. The summed E-state index contributed by atoms with van der Waals surface area (Å²) >= 11 is 0. The lowest BCUT2D eigenvalue weighted by atomic mass is 9.87. The van der Waals surface area contributed by atoms with E-state index >= 15 is 0 Å². The molecule has 2 heterocycles. The molecule has 27 heavy (non-hydrogen) atoms. The van der Waals surface area contributed by atoms with Gasteiger partial charge in [0.15, 0.2) is 5.65 Å². The first kappa shape index (κ1) is 17.4. The summed E-state index contributed by atoms with van der Waals surface area (Å²) in [5.41, 5.74) is 3.44. The average molecular weight is 362 g/mol. The number of nitrogens with zero attached hydrogens (tertiary/aromatic N) is 3. The van der Waals surface area contributed by atoms with Crippen molar-refractivity contribution in [3.05, 3.63) is 69.9 Å². The molecular weight excluding hydrogens is 340 g/mol. The second kappa shape index (κ2) is 7.31. The standard InChI is InChI=1S/C21H22N4O2/c1-14-7-8-18-16(9-14)10-17-20(24-18)23-13-25(21(17)27)12-19(26)22-11-15-5-3-2-4-6-15/h2-6,10,13-14H,7-9,11-12H2,1H3,(H,22,26)/t14-/m1/s1. The Hall–Kier alpha value is -3.02. The van der Waals surface area contributed by atoms with Crippen molar-refractivity contribution in [2.45, 2.75) is 39.3 Å². The summed E-state index contributed by atoms with van der Waals surface area (Å²) in [5.74, 6) is 0.376. The van der Waals surface area contributed by atoms with E-state index in [0.29, 0.717) is 23.5 Å². The zero-order chi connectivity index (χ0) is 18.8. The lowest BCUT2D eigenvalue weighted by Crippen LogP contribution is -2.32. The third-order valence-electron chi connectivity index (χ3n) is 5.07. The fourth-order valence-corrected chi connectivity index (χ4v) is 3.54. The van der Waals surface area contributed by atoms with E-state index in [-0.39, 0.29) is 18.0 Å². The quantitative estimate of drug-likeness (QED) is 0.772. The molecule has 138 valence electrons. The van der Waals surface area contributed by atoms with Crippen molar-refractivity contribution in [2.75, 3.05) is 0 Å². The molecule has 2 aromatic heterocycles. The van der Waals surface area contributed by atoms with Crippen LogP contribution in [0.3, 0.4) is 0 Å². The molecule has 1 aromatic carbocycles. The molecule has 3 aromatic rings. The summed E-state index contributed by atoms with van der Waals surface area (Å²) in [6.45, 7) is 2.59. The maximum Gasteiger partial charge on any atom is 0.263 e. The molecule has 0 saturated heterocycles. The highest BCUT2D eigenvalue weighted by Crippen LogP contribution is 2.25. The van der Waals surface area contributed by atoms with Crippen LogP contribution in [0.15, 0.2) is 47.5 Å². The van der Waals surface area contributed by atoms with E-state index in [0.717, 1.165) is 36.1 Å². The number of carbonyl (C=O) groups is 1. The van der Waals surface area contributed by atoms with Gasteiger partial charge in [-0.3, -0.25) is 14.2 Å². The van der Waals surface area contributed by atoms with Crippen LogP contribution < -0.4 is 10.9 Å². The molecule has 1 atom stereocenters. The van der Waals surface area contributed by atoms with Gasteiger partial charge in [-0.25, -0.2) is 9.97 Å². The number of carbonyl (C=O) groups excluding carboxylic acids is 1. The molecule has 6 heteroatoms. The third-order valence-corrected chi connectivity index (χ3v) is 5.07. The van der Waals surface area contributed by atoms with Crippen LogP contribution in [0.25, 0.3) is 11.0 Å². The number of hydrogen-bond donors (Lipinski definition) is 1. The van der Waals surface area contributed by atoms with Crippen LogP contribution in [0.2, 0.25) is 0 Å². The highest BCUT2D eigenvalue weighted by molar-refractivity contribution is 5.77. The first-order valence-electron chi connectivity index (χ1n) is 9.28. The van der Waals surface area contributed by atoms with Gasteiger partial charge in [0, 0.05) is 12.2 Å². The van der Waals surface area contributed by atoms with Crippen LogP contribution in [0.5, 0.6) is 0 Å². The minimum atomic E-state index is -0.221. The zero-order valence-electron chi connectivity index (χ0n) is 15.3. The van der Waals surface area contributed by atoms with E-state index in [2.05, 4.69) is 22.2 Å². The SMILES string of the molecule is C[C@@H]1CCc2nc3ncn(CC(=O)NCc4ccccc4)c(=O)c3cc2C1. The number of benzene rings is 1. The van der Waals surface area contributed by atoms with Gasteiger partial charge < -0.3 is 5.32 Å². The summed E-state index contributed by atoms with van der Waals surface area (Å²) in [7, 11) is 0. The molecule has 1 aliphatic carbocycles. The molecule has 1 aliphatic rings. The monoisotopic (exact) mass is 362 g/mol. The second-order valence-electron chi connectivity index (χ2n) is 7.25. The maximum atomic E-state index is 12.8. The zero-order valence-corrected chi connectivity index (χ0v) is 15.3. The first-order valence-corrected chi connectivity index (χ1v) is 9.28. The molecule has 6 nitrogen and oxygen atoms in total. The number of nitrogens with one attached hydrogen (secondary N) is 1. The van der Waals surface area contributed by atoms with Gasteiger partial charge in [0.05, 0.1) is 5.39 Å². The second-order valence-corrected chi connectivity index (χ2v) is 7.25. The Morgan fingerprint density at radius 2 is 2.11 bits per heavy atom. The van der Waals surface area contributed by atoms with E-state index in [9.17, 15) is 9.59 Å². The Morgan fingerprint density at radius 3 is 2.93 bits per heavy atom. The van der Waals surface area contributed by atoms with Gasteiger partial charge >= 0.3 is 0 Å². The van der Waals surface area contributed by atoms with Crippen LogP contribution >= 0.6 is 0 Å². The summed E-state index contributed by atoms with van der Waals surface area (Å²) < 4.78 is 1.35. The number of amides is 1. The Morgan fingerprint density at radius 1 is 1.30 bits per heavy atom. The topological polar surface area (TPSA) is 76.9 Å². The minimum absolute atomic E-state index is 0.0535. The van der Waals surface area contributed by atoms with Crippen molar-refractivity contribution in [1.29, 1.82) is 0 Å². The summed E-state index contributed by atoms with van der Waals surface area (Å²) in [6.07, 6.45) is 4.39. The number of rotatable bonds is 4. The molecule has 0 bridgehead atoms. The van der Waals surface area contributed by atoms with E-state index in [1.165, 1.54) is 10.9 Å². The van der Waals surface area contributed by atoms with Crippen molar-refractivity contribution < 1.29 is 4.79 Å². The van der Waals surface area contributed by atoms with Crippen molar-refractivity contribution in [2.24, 2.45) is 5.92 Å². The Labute approximate surface area is 157 Å². The fourth-order valence-electron chi connectivity index (χ4n) is 3.54. The summed E-state index contributed by atoms with van der Waals surface area (Å²) in [6, 6.07) is 11.6. The van der Waals surface area contributed by atoms with E-state index in [1.807, 2.05) is 36.4 Å². The van der Waals surface area contributed by atoms with Gasteiger partial charge in [0.2, 0.25) is 5.91 Å². The predicted molar refractivity (Wildman–Crippen MR) is 103 cm³/mol. The number of hydrogen-bond acceptors (Lipinski definition) is 4. The van der Waals surface area contributed by atoms with Crippen LogP contribution in [0, 0.1) is 5.92 Å². The minimum Gasteiger partial charge on any atom is -0.350 e. The van der Waals surface area contributed by atoms with Crippen LogP contribution in [-0.4, -0.2) is 20.4 Å². The molecule has 0 unspecified atom stereocenters. The fraction of sp³-hybridized carbons (Fsp3) is 0.333.